The summed E-state index contributed by atoms with van der Waals surface area (Å²) in [7, 11) is 2.13. The van der Waals surface area contributed by atoms with Gasteiger partial charge < -0.3 is 38.8 Å². The Balaban J connectivity index is 0.000000149. The van der Waals surface area contributed by atoms with E-state index in [-0.39, 0.29) is 34.4 Å². The smallest absolute Gasteiger partial charge is 0.251 e. The standard InChI is InChI=1S/C18H23ClN2O2.C18H22ClNO2.C17H20ClNO3/c1-11(2)14-6-13-7-15(19)17(8-16(13)20-18(14)22)23-10-12-4-5-21(3)9-12;1-11(2)14-7-13-8-15(19)17(9-16(13)20-18(14)21)22-10-12-5-3-4-6-12;1-10(2)13-5-12-6-14(18)16(7-15(12)19-17(13)20)22-9-11-3-4-21-8-11/h6-8,11-12H,4-5,9-10H2,1-3H3,(H,20,22);7-9,11-12H,3-6,10H2,1-2H3,(H,20,21);5-7,10-11H,3-4,8-9H2,1-2H3,(H,19,20). The van der Waals surface area contributed by atoms with Crippen molar-refractivity contribution >= 4 is 67.5 Å². The van der Waals surface area contributed by atoms with E-state index in [0.29, 0.717) is 69.9 Å². The normalized spacial score (nSPS) is 17.7. The van der Waals surface area contributed by atoms with E-state index in [2.05, 4.69) is 26.9 Å². The van der Waals surface area contributed by atoms with E-state index in [0.717, 1.165) is 88.5 Å². The van der Waals surface area contributed by atoms with E-state index >= 15 is 0 Å². The van der Waals surface area contributed by atoms with Crippen LogP contribution in [0.15, 0.2) is 69.0 Å². The minimum atomic E-state index is -0.0556. The summed E-state index contributed by atoms with van der Waals surface area (Å²) < 4.78 is 23.0. The molecule has 67 heavy (non-hydrogen) atoms. The molecule has 3 N–H and O–H groups in total. The highest BCUT2D eigenvalue weighted by atomic mass is 35.5. The van der Waals surface area contributed by atoms with Gasteiger partial charge in [-0.1, -0.05) is 89.2 Å². The van der Waals surface area contributed by atoms with Gasteiger partial charge in [0.2, 0.25) is 0 Å². The molecule has 360 valence electrons. The van der Waals surface area contributed by atoms with E-state index in [1.165, 1.54) is 25.7 Å². The first-order valence-electron chi connectivity index (χ1n) is 23.8. The van der Waals surface area contributed by atoms with Crippen molar-refractivity contribution in [2.24, 2.45) is 17.8 Å². The monoisotopic (exact) mass is 974 g/mol. The number of likely N-dealkylation sites (tertiary alicyclic amines) is 1. The van der Waals surface area contributed by atoms with E-state index in [4.69, 9.17) is 53.8 Å². The van der Waals surface area contributed by atoms with Crippen molar-refractivity contribution in [1.29, 1.82) is 0 Å². The van der Waals surface area contributed by atoms with Gasteiger partial charge in [-0.25, -0.2) is 0 Å². The lowest BCUT2D eigenvalue weighted by Crippen LogP contribution is -2.18. The first-order valence-corrected chi connectivity index (χ1v) is 24.9. The molecule has 0 spiro atoms. The molecule has 1 aliphatic carbocycles. The van der Waals surface area contributed by atoms with Crippen LogP contribution in [-0.2, 0) is 4.74 Å². The van der Waals surface area contributed by atoms with Gasteiger partial charge in [0.05, 0.1) is 58.0 Å². The molecule has 3 fully saturated rings. The molecule has 0 radical (unpaired) electrons. The molecule has 2 unspecified atom stereocenters. The minimum Gasteiger partial charge on any atom is -0.492 e. The van der Waals surface area contributed by atoms with Crippen LogP contribution in [0, 0.1) is 17.8 Å². The van der Waals surface area contributed by atoms with Crippen LogP contribution in [0.25, 0.3) is 32.7 Å². The summed E-state index contributed by atoms with van der Waals surface area (Å²) in [5.74, 6) is 4.02. The molecule has 3 aromatic carbocycles. The topological polar surface area (TPSA) is 139 Å². The van der Waals surface area contributed by atoms with Crippen LogP contribution in [0.5, 0.6) is 17.2 Å². The summed E-state index contributed by atoms with van der Waals surface area (Å²) in [5, 5.41) is 4.56. The average Bonchev–Trinajstić information content (AvgIpc) is 4.09. The Morgan fingerprint density at radius 1 is 0.552 bits per heavy atom. The maximum atomic E-state index is 12.1. The zero-order chi connectivity index (χ0) is 47.9. The molecule has 2 atom stereocenters. The second-order valence-corrected chi connectivity index (χ2v) is 20.7. The maximum Gasteiger partial charge on any atom is 0.251 e. The van der Waals surface area contributed by atoms with Crippen LogP contribution >= 0.6 is 34.8 Å². The van der Waals surface area contributed by atoms with Crippen molar-refractivity contribution in [1.82, 2.24) is 19.9 Å². The lowest BCUT2D eigenvalue weighted by atomic mass is 10.0. The van der Waals surface area contributed by atoms with Gasteiger partial charge in [-0.3, -0.25) is 14.4 Å². The van der Waals surface area contributed by atoms with Crippen molar-refractivity contribution in [2.45, 2.75) is 97.8 Å². The lowest BCUT2D eigenvalue weighted by Gasteiger charge is -2.14. The van der Waals surface area contributed by atoms with Crippen molar-refractivity contribution < 1.29 is 18.9 Å². The molecule has 0 amide bonds. The van der Waals surface area contributed by atoms with Crippen LogP contribution < -0.4 is 30.9 Å². The van der Waals surface area contributed by atoms with Crippen molar-refractivity contribution in [3.8, 4) is 17.2 Å². The molecule has 3 aliphatic rings. The molecule has 1 saturated carbocycles. The number of hydrogen-bond donors (Lipinski definition) is 3. The number of nitrogens with one attached hydrogen (secondary N) is 3. The number of halogens is 3. The summed E-state index contributed by atoms with van der Waals surface area (Å²) in [6.07, 6.45) is 7.23. The molecule has 9 rings (SSSR count). The van der Waals surface area contributed by atoms with Crippen LogP contribution in [0.3, 0.4) is 0 Å². The fourth-order valence-electron chi connectivity index (χ4n) is 8.97. The van der Waals surface area contributed by atoms with Crippen molar-refractivity contribution in [3.63, 3.8) is 0 Å². The van der Waals surface area contributed by atoms with Crippen LogP contribution in [0.2, 0.25) is 15.1 Å². The van der Waals surface area contributed by atoms with Gasteiger partial charge in [-0.05, 0) is 99.3 Å². The predicted molar refractivity (Wildman–Crippen MR) is 274 cm³/mol. The van der Waals surface area contributed by atoms with Crippen LogP contribution in [-0.4, -0.2) is 73.0 Å². The molecule has 3 aromatic heterocycles. The lowest BCUT2D eigenvalue weighted by molar-refractivity contribution is 0.167. The highest BCUT2D eigenvalue weighted by molar-refractivity contribution is 6.33. The molecular weight excluding hydrogens is 911 g/mol. The van der Waals surface area contributed by atoms with Crippen molar-refractivity contribution in [3.05, 3.63) is 117 Å². The van der Waals surface area contributed by atoms with Gasteiger partial charge in [0.25, 0.3) is 16.7 Å². The summed E-state index contributed by atoms with van der Waals surface area (Å²) in [6.45, 7) is 17.7. The number of aromatic amines is 3. The average molecular weight is 976 g/mol. The van der Waals surface area contributed by atoms with Gasteiger partial charge in [-0.15, -0.1) is 0 Å². The highest BCUT2D eigenvalue weighted by Crippen LogP contribution is 2.34. The molecule has 6 aromatic rings. The first kappa shape index (κ1) is 50.4. The van der Waals surface area contributed by atoms with Gasteiger partial charge in [-0.2, -0.15) is 0 Å². The first-order chi connectivity index (χ1) is 32.0. The van der Waals surface area contributed by atoms with Gasteiger partial charge in [0, 0.05) is 76.0 Å². The Bertz CT molecular complexity index is 2720. The number of pyridine rings is 3. The van der Waals surface area contributed by atoms with Gasteiger partial charge in [0.1, 0.15) is 17.2 Å². The molecule has 5 heterocycles. The molecule has 11 nitrogen and oxygen atoms in total. The third-order valence-electron chi connectivity index (χ3n) is 13.1. The second kappa shape index (κ2) is 22.7. The Morgan fingerprint density at radius 3 is 1.28 bits per heavy atom. The zero-order valence-corrected chi connectivity index (χ0v) is 42.1. The Hall–Kier alpha value is -4.52. The quantitative estimate of drug-likeness (QED) is 0.110. The molecule has 2 saturated heterocycles. The Kier molecular flexibility index (Phi) is 17.1. The van der Waals surface area contributed by atoms with Gasteiger partial charge >= 0.3 is 0 Å². The highest BCUT2D eigenvalue weighted by Gasteiger charge is 2.22. The predicted octanol–water partition coefficient (Wildman–Crippen LogP) is 12.2. The fourth-order valence-corrected chi connectivity index (χ4v) is 9.65. The van der Waals surface area contributed by atoms with E-state index < -0.39 is 0 Å². The van der Waals surface area contributed by atoms with E-state index in [1.54, 1.807) is 6.07 Å². The third kappa shape index (κ3) is 13.0. The largest absolute Gasteiger partial charge is 0.492 e. The van der Waals surface area contributed by atoms with Crippen molar-refractivity contribution in [2.75, 3.05) is 53.2 Å². The van der Waals surface area contributed by atoms with E-state index in [9.17, 15) is 14.4 Å². The fraction of sp³-hybridized carbons (Fsp3) is 0.491. The van der Waals surface area contributed by atoms with Crippen LogP contribution in [0.1, 0.15) is 115 Å². The van der Waals surface area contributed by atoms with Gasteiger partial charge in [0.15, 0.2) is 0 Å². The molecule has 2 aliphatic heterocycles. The number of benzene rings is 3. The summed E-state index contributed by atoms with van der Waals surface area (Å²) in [5.41, 5.74) is 4.48. The Labute approximate surface area is 407 Å². The number of ether oxygens (including phenoxy) is 4. The third-order valence-corrected chi connectivity index (χ3v) is 13.9. The minimum absolute atomic E-state index is 0.0356. The number of rotatable bonds is 12. The molecular formula is C53H65Cl3N4O7. The molecule has 14 heteroatoms. The van der Waals surface area contributed by atoms with E-state index in [1.807, 2.05) is 90.1 Å². The number of nitrogens with zero attached hydrogens (tertiary/aromatic N) is 1. The number of fused-ring (bicyclic) bond motifs is 3. The summed E-state index contributed by atoms with van der Waals surface area (Å²) in [4.78, 5) is 47.4. The number of aromatic nitrogens is 3. The second-order valence-electron chi connectivity index (χ2n) is 19.5. The summed E-state index contributed by atoms with van der Waals surface area (Å²) in [6, 6.07) is 16.8. The van der Waals surface area contributed by atoms with Crippen LogP contribution in [0.4, 0.5) is 0 Å². The zero-order valence-electron chi connectivity index (χ0n) is 39.8. The Morgan fingerprint density at radius 2 is 0.940 bits per heavy atom. The summed E-state index contributed by atoms with van der Waals surface area (Å²) >= 11 is 19.0. The number of H-pyrrole nitrogens is 3. The molecule has 0 bridgehead atoms. The number of hydrogen-bond acceptors (Lipinski definition) is 8. The maximum absolute atomic E-state index is 12.1. The SMILES string of the molecule is CC(C)c1cc2cc(Cl)c(OCC3CCCC3)cc2[nH]c1=O.CC(C)c1cc2cc(Cl)c(OCC3CCN(C)C3)cc2[nH]c1=O.CC(C)c1cc2cc(Cl)c(OCC3CCOC3)cc2[nH]c1=O.